The second-order valence-electron chi connectivity index (χ2n) is 4.84. The van der Waals surface area contributed by atoms with Crippen molar-refractivity contribution in [2.45, 2.75) is 44.4 Å². The normalized spacial score (nSPS) is 22.3. The lowest BCUT2D eigenvalue weighted by molar-refractivity contribution is -0.422. The van der Waals surface area contributed by atoms with E-state index in [1.165, 1.54) is 13.0 Å². The number of rotatable bonds is 5. The molecule has 0 spiro atoms. The standard InChI is InChI=1S/C13H17BrN2O4/c1-4-5-11(18)15-12-8(2)6-13(14,9(3)17)7-10(12)16(19)20/h7H,4-6H2,1-3H3,(H,15,18). The molecule has 110 valence electrons. The van der Waals surface area contributed by atoms with Gasteiger partial charge in [0.1, 0.15) is 10.0 Å². The smallest absolute Gasteiger partial charge is 0.290 e. The van der Waals surface area contributed by atoms with Gasteiger partial charge in [0.2, 0.25) is 5.91 Å². The van der Waals surface area contributed by atoms with Gasteiger partial charge in [-0.25, -0.2) is 0 Å². The summed E-state index contributed by atoms with van der Waals surface area (Å²) in [5.41, 5.74) is 0.561. The molecule has 0 saturated carbocycles. The number of allylic oxidation sites excluding steroid dienone is 2. The average Bonchev–Trinajstić information content (AvgIpc) is 2.32. The topological polar surface area (TPSA) is 89.3 Å². The molecular formula is C13H17BrN2O4. The van der Waals surface area contributed by atoms with Crippen molar-refractivity contribution in [1.82, 2.24) is 5.32 Å². The fourth-order valence-corrected chi connectivity index (χ4v) is 2.64. The third-order valence-corrected chi connectivity index (χ3v) is 4.16. The number of amides is 1. The number of nitro groups is 1. The zero-order valence-corrected chi connectivity index (χ0v) is 13.2. The van der Waals surface area contributed by atoms with Crippen molar-refractivity contribution in [1.29, 1.82) is 0 Å². The summed E-state index contributed by atoms with van der Waals surface area (Å²) < 4.78 is -1.07. The Morgan fingerprint density at radius 3 is 2.60 bits per heavy atom. The predicted octanol–water partition coefficient (Wildman–Crippen LogP) is 2.46. The van der Waals surface area contributed by atoms with Crippen LogP contribution in [0, 0.1) is 10.1 Å². The summed E-state index contributed by atoms with van der Waals surface area (Å²) in [6.45, 7) is 4.90. The summed E-state index contributed by atoms with van der Waals surface area (Å²) in [7, 11) is 0. The minimum atomic E-state index is -1.07. The van der Waals surface area contributed by atoms with Gasteiger partial charge in [-0.05, 0) is 32.3 Å². The highest BCUT2D eigenvalue weighted by atomic mass is 79.9. The number of carbonyl (C=O) groups excluding carboxylic acids is 2. The van der Waals surface area contributed by atoms with Crippen LogP contribution in [0.1, 0.15) is 40.0 Å². The molecule has 1 aliphatic carbocycles. The number of nitrogens with one attached hydrogen (secondary N) is 1. The van der Waals surface area contributed by atoms with E-state index in [0.717, 1.165) is 0 Å². The molecule has 1 N–H and O–H groups in total. The second-order valence-corrected chi connectivity index (χ2v) is 6.25. The number of nitrogens with zero attached hydrogens (tertiary/aromatic N) is 1. The number of ketones is 1. The van der Waals surface area contributed by atoms with Crippen molar-refractivity contribution in [3.05, 3.63) is 33.2 Å². The third-order valence-electron chi connectivity index (χ3n) is 3.09. The van der Waals surface area contributed by atoms with E-state index in [1.54, 1.807) is 6.92 Å². The van der Waals surface area contributed by atoms with Gasteiger partial charge in [0.15, 0.2) is 5.78 Å². The van der Waals surface area contributed by atoms with Crippen LogP contribution in [0.15, 0.2) is 23.0 Å². The summed E-state index contributed by atoms with van der Waals surface area (Å²) >= 11 is 3.26. The second kappa shape index (κ2) is 6.30. The van der Waals surface area contributed by atoms with Crippen LogP contribution < -0.4 is 5.32 Å². The van der Waals surface area contributed by atoms with Gasteiger partial charge >= 0.3 is 0 Å². The Balaban J connectivity index is 3.17. The van der Waals surface area contributed by atoms with Crippen molar-refractivity contribution in [3.8, 4) is 0 Å². The monoisotopic (exact) mass is 344 g/mol. The maximum atomic E-state index is 11.6. The lowest BCUT2D eigenvalue weighted by atomic mass is 9.88. The van der Waals surface area contributed by atoms with E-state index < -0.39 is 9.25 Å². The van der Waals surface area contributed by atoms with Gasteiger partial charge < -0.3 is 5.32 Å². The molecule has 1 unspecified atom stereocenters. The lowest BCUT2D eigenvalue weighted by Gasteiger charge is -2.26. The van der Waals surface area contributed by atoms with Crippen LogP contribution in [0.2, 0.25) is 0 Å². The van der Waals surface area contributed by atoms with Crippen LogP contribution in [0.3, 0.4) is 0 Å². The quantitative estimate of drug-likeness (QED) is 0.471. The number of hydrogen-bond donors (Lipinski definition) is 1. The molecule has 20 heavy (non-hydrogen) atoms. The van der Waals surface area contributed by atoms with Crippen molar-refractivity contribution in [2.75, 3.05) is 0 Å². The van der Waals surface area contributed by atoms with Crippen molar-refractivity contribution in [3.63, 3.8) is 0 Å². The van der Waals surface area contributed by atoms with Crippen LogP contribution in [0.5, 0.6) is 0 Å². The Hall–Kier alpha value is -1.50. The summed E-state index contributed by atoms with van der Waals surface area (Å²) in [4.78, 5) is 33.9. The fraction of sp³-hybridized carbons (Fsp3) is 0.538. The number of carbonyl (C=O) groups is 2. The first-order valence-electron chi connectivity index (χ1n) is 6.28. The Labute approximate surface area is 125 Å². The predicted molar refractivity (Wildman–Crippen MR) is 77.8 cm³/mol. The molecule has 0 radical (unpaired) electrons. The summed E-state index contributed by atoms with van der Waals surface area (Å²) in [5, 5.41) is 13.8. The first-order valence-corrected chi connectivity index (χ1v) is 7.07. The Bertz CT molecular complexity index is 524. The molecule has 0 aromatic rings. The number of Topliss-reactive ketones (excluding diaryl/α,β-unsaturated/α-hetero) is 1. The van der Waals surface area contributed by atoms with Crippen LogP contribution >= 0.6 is 15.9 Å². The van der Waals surface area contributed by atoms with Crippen molar-refractivity contribution in [2.24, 2.45) is 0 Å². The molecule has 0 saturated heterocycles. The minimum absolute atomic E-state index is 0.199. The third kappa shape index (κ3) is 3.53. The van der Waals surface area contributed by atoms with Crippen molar-refractivity contribution < 1.29 is 14.5 Å². The minimum Gasteiger partial charge on any atom is -0.320 e. The number of halogens is 1. The molecule has 7 heteroatoms. The Morgan fingerprint density at radius 2 is 2.15 bits per heavy atom. The van der Waals surface area contributed by atoms with Crippen LogP contribution in [-0.2, 0) is 9.59 Å². The highest BCUT2D eigenvalue weighted by Gasteiger charge is 2.40. The SMILES string of the molecule is CCCC(=O)NC1=C(C)CC(Br)(C(C)=O)C=C1[N+](=O)[O-]. The largest absolute Gasteiger partial charge is 0.320 e. The summed E-state index contributed by atoms with van der Waals surface area (Å²) in [6.07, 6.45) is 2.52. The molecule has 6 nitrogen and oxygen atoms in total. The molecule has 1 aliphatic rings. The lowest BCUT2D eigenvalue weighted by Crippen LogP contribution is -2.36. The van der Waals surface area contributed by atoms with Gasteiger partial charge in [-0.2, -0.15) is 0 Å². The molecule has 0 fully saturated rings. The van der Waals surface area contributed by atoms with E-state index in [-0.39, 0.29) is 23.1 Å². The van der Waals surface area contributed by atoms with Gasteiger partial charge in [-0.1, -0.05) is 22.9 Å². The highest BCUT2D eigenvalue weighted by Crippen LogP contribution is 2.37. The molecule has 1 amide bonds. The molecular weight excluding hydrogens is 328 g/mol. The zero-order chi connectivity index (χ0) is 15.5. The van der Waals surface area contributed by atoms with Crippen LogP contribution in [0.4, 0.5) is 0 Å². The number of hydrogen-bond acceptors (Lipinski definition) is 4. The molecule has 1 atom stereocenters. The van der Waals surface area contributed by atoms with E-state index in [0.29, 0.717) is 24.8 Å². The zero-order valence-electron chi connectivity index (χ0n) is 11.7. The summed E-state index contributed by atoms with van der Waals surface area (Å²) in [6, 6.07) is 0. The first kappa shape index (κ1) is 16.6. The first-order chi connectivity index (χ1) is 9.21. The van der Waals surface area contributed by atoms with E-state index in [2.05, 4.69) is 21.2 Å². The molecule has 0 aromatic heterocycles. The van der Waals surface area contributed by atoms with Crippen LogP contribution in [0.25, 0.3) is 0 Å². The van der Waals surface area contributed by atoms with E-state index in [9.17, 15) is 19.7 Å². The molecule has 0 aliphatic heterocycles. The molecule has 0 heterocycles. The summed E-state index contributed by atoms with van der Waals surface area (Å²) in [5.74, 6) is -0.477. The van der Waals surface area contributed by atoms with E-state index in [4.69, 9.17) is 0 Å². The maximum Gasteiger partial charge on any atom is 0.290 e. The average molecular weight is 345 g/mol. The van der Waals surface area contributed by atoms with E-state index >= 15 is 0 Å². The van der Waals surface area contributed by atoms with Gasteiger partial charge in [-0.3, -0.25) is 19.7 Å². The maximum absolute atomic E-state index is 11.6. The van der Waals surface area contributed by atoms with Gasteiger partial charge in [-0.15, -0.1) is 0 Å². The van der Waals surface area contributed by atoms with E-state index in [1.807, 2.05) is 6.92 Å². The van der Waals surface area contributed by atoms with Gasteiger partial charge in [0.25, 0.3) is 5.70 Å². The number of alkyl halides is 1. The van der Waals surface area contributed by atoms with Crippen LogP contribution in [-0.4, -0.2) is 20.9 Å². The Morgan fingerprint density at radius 1 is 1.55 bits per heavy atom. The highest BCUT2D eigenvalue weighted by molar-refractivity contribution is 9.10. The Kier molecular flexibility index (Phi) is 5.21. The fourth-order valence-electron chi connectivity index (χ4n) is 2.00. The molecule has 1 rings (SSSR count). The molecule has 0 bridgehead atoms. The van der Waals surface area contributed by atoms with Crippen molar-refractivity contribution >= 4 is 27.6 Å². The van der Waals surface area contributed by atoms with Gasteiger partial charge in [0, 0.05) is 12.5 Å². The molecule has 0 aromatic carbocycles. The van der Waals surface area contributed by atoms with Gasteiger partial charge in [0.05, 0.1) is 4.92 Å².